The lowest BCUT2D eigenvalue weighted by Gasteiger charge is -2.04. The molecule has 2 heterocycles. The number of hydrogen-bond acceptors (Lipinski definition) is 7. The summed E-state index contributed by atoms with van der Waals surface area (Å²) in [7, 11) is 0. The molecule has 0 spiro atoms. The molecule has 1 aromatic heterocycles. The molecule has 0 fully saturated rings. The van der Waals surface area contributed by atoms with Crippen molar-refractivity contribution in [2.24, 2.45) is 11.0 Å². The van der Waals surface area contributed by atoms with Gasteiger partial charge in [0.1, 0.15) is 6.33 Å². The summed E-state index contributed by atoms with van der Waals surface area (Å²) in [4.78, 5) is 12.5. The zero-order chi connectivity index (χ0) is 9.80. The second-order valence-corrected chi connectivity index (χ2v) is 2.63. The Balaban J connectivity index is 1.94. The molecular weight excluding hydrogens is 186 g/mol. The molecule has 1 unspecified atom stereocenters. The van der Waals surface area contributed by atoms with Gasteiger partial charge in [0.2, 0.25) is 5.90 Å². The van der Waals surface area contributed by atoms with E-state index in [9.17, 15) is 0 Å². The van der Waals surface area contributed by atoms with Gasteiger partial charge in [0.15, 0.2) is 12.0 Å². The van der Waals surface area contributed by atoms with E-state index in [1.807, 2.05) is 0 Å². The second-order valence-electron chi connectivity index (χ2n) is 2.63. The van der Waals surface area contributed by atoms with E-state index in [2.05, 4.69) is 20.5 Å². The molecular formula is C7H9N5O2. The third-order valence-corrected chi connectivity index (χ3v) is 1.60. The summed E-state index contributed by atoms with van der Waals surface area (Å²) in [5.74, 6) is 6.13. The molecule has 0 saturated carbocycles. The van der Waals surface area contributed by atoms with Crippen LogP contribution in [0.1, 0.15) is 6.42 Å². The Hall–Kier alpha value is -1.73. The van der Waals surface area contributed by atoms with Crippen LogP contribution < -0.4 is 16.0 Å². The minimum atomic E-state index is -0.324. The molecule has 14 heavy (non-hydrogen) atoms. The Morgan fingerprint density at radius 3 is 2.93 bits per heavy atom. The molecule has 0 radical (unpaired) electrons. The largest absolute Gasteiger partial charge is 0.436 e. The maximum Gasteiger partial charge on any atom is 0.236 e. The monoisotopic (exact) mass is 195 g/mol. The first kappa shape index (κ1) is 8.85. The van der Waals surface area contributed by atoms with Crippen molar-refractivity contribution in [3.63, 3.8) is 0 Å². The van der Waals surface area contributed by atoms with E-state index in [-0.39, 0.29) is 6.23 Å². The minimum absolute atomic E-state index is 0.324. The number of nitrogens with one attached hydrogen (secondary N) is 1. The third kappa shape index (κ3) is 1.95. The van der Waals surface area contributed by atoms with E-state index in [0.717, 1.165) is 0 Å². The summed E-state index contributed by atoms with van der Waals surface area (Å²) < 4.78 is 5.31. The van der Waals surface area contributed by atoms with Gasteiger partial charge in [0.05, 0.1) is 18.8 Å². The predicted molar refractivity (Wildman–Crippen MR) is 46.9 cm³/mol. The zero-order valence-electron chi connectivity index (χ0n) is 7.25. The highest BCUT2D eigenvalue weighted by Gasteiger charge is 2.21. The van der Waals surface area contributed by atoms with E-state index in [4.69, 9.17) is 15.4 Å². The van der Waals surface area contributed by atoms with Crippen LogP contribution in [0.4, 0.5) is 0 Å². The van der Waals surface area contributed by atoms with Crippen molar-refractivity contribution in [3.05, 3.63) is 18.7 Å². The average Bonchev–Trinajstić information content (AvgIpc) is 2.67. The van der Waals surface area contributed by atoms with Gasteiger partial charge in [-0.3, -0.25) is 5.84 Å². The summed E-state index contributed by atoms with van der Waals surface area (Å²) in [6.45, 7) is 0. The van der Waals surface area contributed by atoms with Crippen molar-refractivity contribution < 1.29 is 9.57 Å². The molecule has 7 nitrogen and oxygen atoms in total. The zero-order valence-corrected chi connectivity index (χ0v) is 7.25. The molecule has 3 N–H and O–H groups in total. The number of hydrogen-bond donors (Lipinski definition) is 2. The Morgan fingerprint density at radius 1 is 1.50 bits per heavy atom. The number of hydrazine groups is 1. The predicted octanol–water partition coefficient (Wildman–Crippen LogP) is -0.621. The fourth-order valence-corrected chi connectivity index (χ4v) is 0.979. The summed E-state index contributed by atoms with van der Waals surface area (Å²) in [5.41, 5.74) is 2.43. The number of rotatable bonds is 2. The summed E-state index contributed by atoms with van der Waals surface area (Å²) in [6, 6.07) is 0. The van der Waals surface area contributed by atoms with E-state index in [0.29, 0.717) is 18.1 Å². The molecule has 1 aromatic rings. The fourth-order valence-electron chi connectivity index (χ4n) is 0.979. The van der Waals surface area contributed by atoms with Crippen LogP contribution >= 0.6 is 0 Å². The number of ether oxygens (including phenoxy) is 1. The summed E-state index contributed by atoms with van der Waals surface area (Å²) in [5, 5.41) is 3.68. The van der Waals surface area contributed by atoms with Crippen LogP contribution in [-0.2, 0) is 4.84 Å². The van der Waals surface area contributed by atoms with Crippen molar-refractivity contribution in [2.45, 2.75) is 12.6 Å². The molecule has 0 aliphatic carbocycles. The van der Waals surface area contributed by atoms with Gasteiger partial charge in [-0.15, -0.1) is 0 Å². The van der Waals surface area contributed by atoms with E-state index < -0.39 is 0 Å². The van der Waals surface area contributed by atoms with E-state index >= 15 is 0 Å². The van der Waals surface area contributed by atoms with Gasteiger partial charge in [-0.25, -0.2) is 15.4 Å². The van der Waals surface area contributed by atoms with Crippen molar-refractivity contribution in [1.29, 1.82) is 0 Å². The van der Waals surface area contributed by atoms with Crippen LogP contribution in [0.3, 0.4) is 0 Å². The van der Waals surface area contributed by atoms with Crippen LogP contribution in [0.2, 0.25) is 0 Å². The highest BCUT2D eigenvalue weighted by Crippen LogP contribution is 2.12. The molecule has 74 valence electrons. The highest BCUT2D eigenvalue weighted by atomic mass is 16.7. The van der Waals surface area contributed by atoms with Crippen LogP contribution in [-0.4, -0.2) is 22.1 Å². The second kappa shape index (κ2) is 3.99. The van der Waals surface area contributed by atoms with Crippen LogP contribution in [0.25, 0.3) is 0 Å². The Morgan fingerprint density at radius 2 is 2.29 bits per heavy atom. The van der Waals surface area contributed by atoms with Crippen LogP contribution in [0.15, 0.2) is 23.9 Å². The topological polar surface area (TPSA) is 94.7 Å². The van der Waals surface area contributed by atoms with Crippen molar-refractivity contribution in [1.82, 2.24) is 15.4 Å². The van der Waals surface area contributed by atoms with Gasteiger partial charge in [-0.1, -0.05) is 0 Å². The maximum absolute atomic E-state index is 5.31. The molecule has 0 bridgehead atoms. The SMILES string of the molecule is NNC1CC(Oc2cncnc2)=NO1. The Labute approximate surface area is 79.9 Å². The standard InChI is InChI=1S/C7H9N5O2/c8-11-6-1-7(12-14-6)13-5-2-9-4-10-3-5/h2-4,6,11H,1,8H2. The molecule has 1 aliphatic rings. The van der Waals surface area contributed by atoms with Crippen molar-refractivity contribution in [2.75, 3.05) is 0 Å². The molecule has 7 heteroatoms. The number of nitrogens with two attached hydrogens (primary N) is 1. The summed E-state index contributed by atoms with van der Waals surface area (Å²) >= 11 is 0. The van der Waals surface area contributed by atoms with Gasteiger partial charge < -0.3 is 9.57 Å². The third-order valence-electron chi connectivity index (χ3n) is 1.60. The molecule has 1 atom stereocenters. The number of aromatic nitrogens is 2. The molecule has 0 aromatic carbocycles. The lowest BCUT2D eigenvalue weighted by atomic mass is 10.4. The number of nitrogens with zero attached hydrogens (tertiary/aromatic N) is 3. The van der Waals surface area contributed by atoms with Crippen molar-refractivity contribution in [3.8, 4) is 5.75 Å². The van der Waals surface area contributed by atoms with Gasteiger partial charge in [0.25, 0.3) is 0 Å². The number of oxime groups is 1. The van der Waals surface area contributed by atoms with Gasteiger partial charge in [0, 0.05) is 0 Å². The first-order chi connectivity index (χ1) is 6.88. The molecule has 0 saturated heterocycles. The lowest BCUT2D eigenvalue weighted by Crippen LogP contribution is -2.35. The minimum Gasteiger partial charge on any atom is -0.436 e. The van der Waals surface area contributed by atoms with Gasteiger partial charge >= 0.3 is 0 Å². The summed E-state index contributed by atoms with van der Waals surface area (Å²) in [6.07, 6.45) is 4.65. The van der Waals surface area contributed by atoms with E-state index in [1.165, 1.54) is 6.33 Å². The highest BCUT2D eigenvalue weighted by molar-refractivity contribution is 5.79. The molecule has 1 aliphatic heterocycles. The average molecular weight is 195 g/mol. The Kier molecular flexibility index (Phi) is 2.52. The van der Waals surface area contributed by atoms with Gasteiger partial charge in [-0.05, 0) is 5.16 Å². The molecule has 2 rings (SSSR count). The maximum atomic E-state index is 5.31. The lowest BCUT2D eigenvalue weighted by molar-refractivity contribution is 0.0602. The van der Waals surface area contributed by atoms with Crippen LogP contribution in [0.5, 0.6) is 5.75 Å². The quantitative estimate of drug-likeness (QED) is 0.482. The van der Waals surface area contributed by atoms with E-state index in [1.54, 1.807) is 12.4 Å². The van der Waals surface area contributed by atoms with Gasteiger partial charge in [-0.2, -0.15) is 0 Å². The smallest absolute Gasteiger partial charge is 0.236 e. The first-order valence-electron chi connectivity index (χ1n) is 4.00. The first-order valence-corrected chi connectivity index (χ1v) is 4.00. The fraction of sp³-hybridized carbons (Fsp3) is 0.286. The van der Waals surface area contributed by atoms with Crippen molar-refractivity contribution >= 4 is 5.90 Å². The van der Waals surface area contributed by atoms with Crippen LogP contribution in [0, 0.1) is 0 Å². The Bertz CT molecular complexity index is 328. The normalized spacial score (nSPS) is 20.1. The molecule has 0 amide bonds.